The first kappa shape index (κ1) is 20.1. The number of ether oxygens (including phenoxy) is 1. The van der Waals surface area contributed by atoms with Crippen molar-refractivity contribution in [3.05, 3.63) is 65.0 Å². The number of likely N-dealkylation sites (tertiary alicyclic amines) is 1. The third-order valence-electron chi connectivity index (χ3n) is 5.07. The number of aryl methyl sites for hydroxylation is 2. The smallest absolute Gasteiger partial charge is 0.311 e. The number of hydrogen-bond donors (Lipinski definition) is 0. The topological polar surface area (TPSA) is 71.7 Å². The average Bonchev–Trinajstić information content (AvgIpc) is 3.15. The molecule has 0 unspecified atom stereocenters. The van der Waals surface area contributed by atoms with Crippen molar-refractivity contribution in [3.8, 4) is 17.2 Å². The monoisotopic (exact) mass is 406 g/mol. The first-order chi connectivity index (χ1) is 14.4. The van der Waals surface area contributed by atoms with Crippen LogP contribution in [0.15, 0.2) is 46.9 Å². The van der Waals surface area contributed by atoms with Crippen molar-refractivity contribution in [2.24, 2.45) is 0 Å². The van der Waals surface area contributed by atoms with E-state index in [1.54, 1.807) is 4.90 Å². The van der Waals surface area contributed by atoms with Crippen LogP contribution >= 0.6 is 0 Å². The van der Waals surface area contributed by atoms with E-state index in [0.717, 1.165) is 29.0 Å². The van der Waals surface area contributed by atoms with Crippen molar-refractivity contribution in [3.63, 3.8) is 0 Å². The number of amides is 1. The number of rotatable bonds is 6. The molecule has 1 aliphatic rings. The zero-order valence-electron chi connectivity index (χ0n) is 17.8. The van der Waals surface area contributed by atoms with Gasteiger partial charge < -0.3 is 19.0 Å². The molecule has 0 atom stereocenters. The van der Waals surface area contributed by atoms with Crippen molar-refractivity contribution in [1.82, 2.24) is 20.0 Å². The normalized spacial score (nSPS) is 14.1. The maximum Gasteiger partial charge on any atom is 0.311 e. The van der Waals surface area contributed by atoms with Gasteiger partial charge >= 0.3 is 11.8 Å². The minimum atomic E-state index is -0.265. The van der Waals surface area contributed by atoms with Gasteiger partial charge in [-0.05, 0) is 57.3 Å². The lowest BCUT2D eigenvalue weighted by Gasteiger charge is -2.38. The fraction of sp³-hybridized carbons (Fsp3) is 0.348. The van der Waals surface area contributed by atoms with Gasteiger partial charge in [0.2, 0.25) is 5.89 Å². The Morgan fingerprint density at radius 3 is 2.53 bits per heavy atom. The lowest BCUT2D eigenvalue weighted by molar-refractivity contribution is 0.0147. The molecule has 0 N–H and O–H groups in total. The van der Waals surface area contributed by atoms with E-state index >= 15 is 0 Å². The second-order valence-corrected chi connectivity index (χ2v) is 8.07. The van der Waals surface area contributed by atoms with E-state index < -0.39 is 0 Å². The van der Waals surface area contributed by atoms with Crippen molar-refractivity contribution in [2.75, 3.05) is 27.2 Å². The summed E-state index contributed by atoms with van der Waals surface area (Å²) in [6, 6.07) is 14.0. The largest absolute Gasteiger partial charge is 0.486 e. The van der Waals surface area contributed by atoms with Gasteiger partial charge in [0, 0.05) is 12.1 Å². The van der Waals surface area contributed by atoms with Crippen molar-refractivity contribution >= 4 is 5.91 Å². The molecule has 0 spiro atoms. The maximum atomic E-state index is 12.6. The molecule has 30 heavy (non-hydrogen) atoms. The summed E-state index contributed by atoms with van der Waals surface area (Å²) in [5, 5.41) is 7.93. The van der Waals surface area contributed by atoms with Gasteiger partial charge in [0.15, 0.2) is 0 Å². The van der Waals surface area contributed by atoms with E-state index in [1.165, 1.54) is 5.56 Å². The molecule has 3 aromatic rings. The molecule has 1 amide bonds. The van der Waals surface area contributed by atoms with Gasteiger partial charge in [-0.1, -0.05) is 29.8 Å². The molecule has 7 nitrogen and oxygen atoms in total. The van der Waals surface area contributed by atoms with Crippen LogP contribution in [0.5, 0.6) is 5.75 Å². The number of carbonyl (C=O) groups excluding carboxylic acids is 1. The highest BCUT2D eigenvalue weighted by Crippen LogP contribution is 2.25. The molecule has 2 heterocycles. The molecular formula is C23H26N4O3. The number of hydrogen-bond acceptors (Lipinski definition) is 6. The van der Waals surface area contributed by atoms with E-state index in [9.17, 15) is 4.79 Å². The molecule has 1 aliphatic heterocycles. The summed E-state index contributed by atoms with van der Waals surface area (Å²) in [4.78, 5) is 16.4. The van der Waals surface area contributed by atoms with E-state index in [1.807, 2.05) is 58.3 Å². The molecule has 1 saturated heterocycles. The fourth-order valence-electron chi connectivity index (χ4n) is 3.42. The summed E-state index contributed by atoms with van der Waals surface area (Å²) in [5.74, 6) is 0.946. The lowest BCUT2D eigenvalue weighted by atomic mass is 10.1. The van der Waals surface area contributed by atoms with Gasteiger partial charge in [-0.3, -0.25) is 4.79 Å². The summed E-state index contributed by atoms with van der Waals surface area (Å²) < 4.78 is 11.7. The molecule has 2 aromatic carbocycles. The summed E-state index contributed by atoms with van der Waals surface area (Å²) in [7, 11) is 4.10. The Bertz CT molecular complexity index is 1040. The SMILES string of the molecule is Cc1ccc(-c2nnc(C(=O)N3CC(Oc4ccc(CN(C)C)cc4C)C3)o2)cc1. The van der Waals surface area contributed by atoms with Gasteiger partial charge in [0.05, 0.1) is 13.1 Å². The number of nitrogens with zero attached hydrogens (tertiary/aromatic N) is 4. The molecule has 156 valence electrons. The predicted octanol–water partition coefficient (Wildman–Crippen LogP) is 3.32. The predicted molar refractivity (Wildman–Crippen MR) is 113 cm³/mol. The Morgan fingerprint density at radius 1 is 1.13 bits per heavy atom. The third kappa shape index (κ3) is 4.36. The van der Waals surface area contributed by atoms with Crippen LogP contribution in [0.2, 0.25) is 0 Å². The Kier molecular flexibility index (Phi) is 5.55. The molecular weight excluding hydrogens is 380 g/mol. The van der Waals surface area contributed by atoms with Crippen LogP contribution in [0.1, 0.15) is 27.4 Å². The average molecular weight is 406 g/mol. The Morgan fingerprint density at radius 2 is 1.87 bits per heavy atom. The van der Waals surface area contributed by atoms with Crippen molar-refractivity contribution in [2.45, 2.75) is 26.5 Å². The van der Waals surface area contributed by atoms with E-state index in [-0.39, 0.29) is 17.9 Å². The second-order valence-electron chi connectivity index (χ2n) is 8.07. The maximum absolute atomic E-state index is 12.6. The summed E-state index contributed by atoms with van der Waals surface area (Å²) in [5.41, 5.74) is 4.28. The molecule has 1 fully saturated rings. The summed E-state index contributed by atoms with van der Waals surface area (Å²) >= 11 is 0. The molecule has 7 heteroatoms. The highest BCUT2D eigenvalue weighted by molar-refractivity contribution is 5.90. The number of carbonyl (C=O) groups is 1. The van der Waals surface area contributed by atoms with Gasteiger partial charge in [0.25, 0.3) is 0 Å². The summed E-state index contributed by atoms with van der Waals surface area (Å²) in [6.07, 6.45) is -0.0353. The van der Waals surface area contributed by atoms with Crippen molar-refractivity contribution < 1.29 is 13.9 Å². The van der Waals surface area contributed by atoms with Gasteiger partial charge in [0.1, 0.15) is 11.9 Å². The molecule has 0 aliphatic carbocycles. The van der Waals surface area contributed by atoms with Crippen LogP contribution in [0, 0.1) is 13.8 Å². The van der Waals surface area contributed by atoms with Crippen LogP contribution in [0.4, 0.5) is 0 Å². The van der Waals surface area contributed by atoms with E-state index in [0.29, 0.717) is 19.0 Å². The molecule has 4 rings (SSSR count). The van der Waals surface area contributed by atoms with E-state index in [4.69, 9.17) is 9.15 Å². The zero-order valence-corrected chi connectivity index (χ0v) is 17.8. The lowest BCUT2D eigenvalue weighted by Crippen LogP contribution is -2.56. The number of aromatic nitrogens is 2. The minimum absolute atomic E-state index is 0.00763. The Hall–Kier alpha value is -3.19. The van der Waals surface area contributed by atoms with Crippen LogP contribution in [-0.4, -0.2) is 59.2 Å². The fourth-order valence-corrected chi connectivity index (χ4v) is 3.42. The first-order valence-corrected chi connectivity index (χ1v) is 10.00. The van der Waals surface area contributed by atoms with Gasteiger partial charge in [-0.15, -0.1) is 10.2 Å². The van der Waals surface area contributed by atoms with Gasteiger partial charge in [-0.25, -0.2) is 0 Å². The molecule has 0 radical (unpaired) electrons. The highest BCUT2D eigenvalue weighted by atomic mass is 16.5. The zero-order chi connectivity index (χ0) is 21.3. The molecule has 0 bridgehead atoms. The quantitative estimate of drug-likeness (QED) is 0.625. The molecule has 1 aromatic heterocycles. The number of benzene rings is 2. The second kappa shape index (κ2) is 8.28. The van der Waals surface area contributed by atoms with Gasteiger partial charge in [-0.2, -0.15) is 0 Å². The standard InChI is InChI=1S/C23H26N4O3/c1-15-5-8-18(9-6-15)21-24-25-22(30-21)23(28)27-13-19(14-27)29-20-10-7-17(11-16(20)2)12-26(3)4/h5-11,19H,12-14H2,1-4H3. The van der Waals surface area contributed by atoms with Crippen LogP contribution in [0.3, 0.4) is 0 Å². The van der Waals surface area contributed by atoms with Crippen LogP contribution in [0.25, 0.3) is 11.5 Å². The Labute approximate surface area is 176 Å². The Balaban J connectivity index is 1.33. The summed E-state index contributed by atoms with van der Waals surface area (Å²) in [6.45, 7) is 5.94. The van der Waals surface area contributed by atoms with Crippen LogP contribution in [-0.2, 0) is 6.54 Å². The minimum Gasteiger partial charge on any atom is -0.486 e. The molecule has 0 saturated carbocycles. The third-order valence-corrected chi connectivity index (χ3v) is 5.07. The first-order valence-electron chi connectivity index (χ1n) is 10.00. The van der Waals surface area contributed by atoms with Crippen molar-refractivity contribution in [1.29, 1.82) is 0 Å². The van der Waals surface area contributed by atoms with E-state index in [2.05, 4.69) is 27.2 Å². The highest BCUT2D eigenvalue weighted by Gasteiger charge is 2.35. The van der Waals surface area contributed by atoms with Crippen LogP contribution < -0.4 is 4.74 Å².